The second-order valence-electron chi connectivity index (χ2n) is 22.4. The van der Waals surface area contributed by atoms with Gasteiger partial charge in [0.05, 0.1) is 0 Å². The molecule has 60 heavy (non-hydrogen) atoms. The van der Waals surface area contributed by atoms with E-state index < -0.39 is 0 Å². The van der Waals surface area contributed by atoms with E-state index in [4.69, 9.17) is 9.47 Å². The molecule has 2 N–H and O–H groups in total. The molecule has 2 aliphatic rings. The van der Waals surface area contributed by atoms with Crippen molar-refractivity contribution in [3.8, 4) is 34.1 Å². The number of hydrogen-bond acceptors (Lipinski definition) is 4. The molecule has 6 atom stereocenters. The molecular formula is C56H94O4. The summed E-state index contributed by atoms with van der Waals surface area (Å²) in [7, 11) is 0. The number of benzene rings is 2. The van der Waals surface area contributed by atoms with Crippen LogP contribution < -0.4 is 9.47 Å². The molecule has 0 bridgehead atoms. The third-order valence-corrected chi connectivity index (χ3v) is 15.4. The Labute approximate surface area is 370 Å². The maximum Gasteiger partial charge on any atom is 0.127 e. The van der Waals surface area contributed by atoms with Crippen molar-refractivity contribution in [3.05, 3.63) is 33.4 Å². The van der Waals surface area contributed by atoms with Crippen LogP contribution in [0.2, 0.25) is 0 Å². The Morgan fingerprint density at radius 3 is 1.02 bits per heavy atom. The van der Waals surface area contributed by atoms with Crippen LogP contribution >= 0.6 is 0 Å². The minimum absolute atomic E-state index is 0.248. The summed E-state index contributed by atoms with van der Waals surface area (Å²) in [5.41, 5.74) is 6.80. The highest BCUT2D eigenvalue weighted by Gasteiger charge is 2.40. The highest BCUT2D eigenvalue weighted by molar-refractivity contribution is 5.88. The van der Waals surface area contributed by atoms with Crippen LogP contribution in [0.3, 0.4) is 0 Å². The molecular weight excluding hydrogens is 737 g/mol. The molecule has 0 saturated carbocycles. The topological polar surface area (TPSA) is 58.9 Å². The van der Waals surface area contributed by atoms with E-state index >= 15 is 0 Å². The first-order valence-electron chi connectivity index (χ1n) is 25.3. The Bertz CT molecular complexity index is 1530. The molecule has 0 spiro atoms. The number of ether oxygens (including phenoxy) is 2. The first kappa shape index (κ1) is 50.3. The number of aromatic hydroxyl groups is 2. The van der Waals surface area contributed by atoms with Gasteiger partial charge in [0.1, 0.15) is 34.2 Å². The molecule has 4 nitrogen and oxygen atoms in total. The summed E-state index contributed by atoms with van der Waals surface area (Å²) in [6.45, 7) is 31.9. The summed E-state index contributed by atoms with van der Waals surface area (Å²) in [6.07, 6.45) is 26.5. The second-order valence-corrected chi connectivity index (χ2v) is 22.4. The molecule has 2 aromatic carbocycles. The lowest BCUT2D eigenvalue weighted by molar-refractivity contribution is 0.0507. The SMILES string of the molecule is Cc1c(C)c2c(c(-c3c(O)c(C)c(C)c4c3CCC(C)(CCCC(C)CCCC(C)CCCC(C)C)O4)c1O)CCC(C)(CCCC(C)CCCC(C)CCCC(C)C)O2. The van der Waals surface area contributed by atoms with E-state index in [9.17, 15) is 10.2 Å². The normalized spacial score (nSPS) is 21.0. The van der Waals surface area contributed by atoms with Crippen molar-refractivity contribution in [1.82, 2.24) is 0 Å². The second kappa shape index (κ2) is 22.8. The van der Waals surface area contributed by atoms with Gasteiger partial charge in [0.25, 0.3) is 0 Å². The molecule has 2 aromatic rings. The first-order chi connectivity index (χ1) is 28.3. The minimum Gasteiger partial charge on any atom is -0.507 e. The van der Waals surface area contributed by atoms with Gasteiger partial charge in [-0.1, -0.05) is 145 Å². The average Bonchev–Trinajstić information content (AvgIpc) is 3.17. The van der Waals surface area contributed by atoms with Gasteiger partial charge < -0.3 is 19.7 Å². The monoisotopic (exact) mass is 831 g/mol. The summed E-state index contributed by atoms with van der Waals surface area (Å²) in [6, 6.07) is 0. The Hall–Kier alpha value is -2.36. The summed E-state index contributed by atoms with van der Waals surface area (Å²) >= 11 is 0. The largest absolute Gasteiger partial charge is 0.507 e. The van der Waals surface area contributed by atoms with Gasteiger partial charge in [0.15, 0.2) is 0 Å². The number of fused-ring (bicyclic) bond motifs is 2. The van der Waals surface area contributed by atoms with E-state index in [1.54, 1.807) is 0 Å². The van der Waals surface area contributed by atoms with Gasteiger partial charge in [-0.3, -0.25) is 0 Å². The molecule has 0 aliphatic carbocycles. The Morgan fingerprint density at radius 1 is 0.433 bits per heavy atom. The number of phenolic OH excluding ortho intramolecular Hbond substituents is 2. The fraction of sp³-hybridized carbons (Fsp3) is 0.786. The van der Waals surface area contributed by atoms with E-state index in [0.29, 0.717) is 0 Å². The van der Waals surface area contributed by atoms with Crippen LogP contribution in [0.15, 0.2) is 0 Å². The van der Waals surface area contributed by atoms with Gasteiger partial charge in [-0.15, -0.1) is 0 Å². The predicted molar refractivity (Wildman–Crippen MR) is 258 cm³/mol. The fourth-order valence-electron chi connectivity index (χ4n) is 10.7. The zero-order valence-corrected chi connectivity index (χ0v) is 41.7. The third kappa shape index (κ3) is 13.8. The molecule has 4 rings (SSSR count). The summed E-state index contributed by atoms with van der Waals surface area (Å²) in [5, 5.41) is 24.0. The molecule has 342 valence electrons. The van der Waals surface area contributed by atoms with E-state index in [0.717, 1.165) is 130 Å². The van der Waals surface area contributed by atoms with Crippen molar-refractivity contribution in [2.45, 2.75) is 249 Å². The van der Waals surface area contributed by atoms with Crippen molar-refractivity contribution in [3.63, 3.8) is 0 Å². The Kier molecular flexibility index (Phi) is 19.1. The van der Waals surface area contributed by atoms with Gasteiger partial charge in [-0.2, -0.15) is 0 Å². The van der Waals surface area contributed by atoms with Crippen LogP contribution in [0.5, 0.6) is 23.0 Å². The molecule has 0 radical (unpaired) electrons. The van der Waals surface area contributed by atoms with Crippen LogP contribution in [0.25, 0.3) is 11.1 Å². The zero-order valence-electron chi connectivity index (χ0n) is 41.7. The van der Waals surface area contributed by atoms with E-state index in [1.807, 2.05) is 13.8 Å². The predicted octanol–water partition coefficient (Wildman–Crippen LogP) is 17.0. The van der Waals surface area contributed by atoms with Crippen LogP contribution in [-0.2, 0) is 12.8 Å². The molecule has 0 fully saturated rings. The Balaban J connectivity index is 1.41. The van der Waals surface area contributed by atoms with Crippen molar-refractivity contribution in [2.24, 2.45) is 35.5 Å². The Morgan fingerprint density at radius 2 is 0.717 bits per heavy atom. The minimum atomic E-state index is -0.248. The summed E-state index contributed by atoms with van der Waals surface area (Å²) in [4.78, 5) is 0. The smallest absolute Gasteiger partial charge is 0.127 e. The van der Waals surface area contributed by atoms with Crippen LogP contribution in [0.1, 0.15) is 231 Å². The lowest BCUT2D eigenvalue weighted by Gasteiger charge is -2.40. The molecule has 4 heteroatoms. The first-order valence-corrected chi connectivity index (χ1v) is 25.3. The van der Waals surface area contributed by atoms with Gasteiger partial charge in [-0.05, 0) is 151 Å². The summed E-state index contributed by atoms with van der Waals surface area (Å²) in [5.74, 6) is 7.16. The zero-order chi connectivity index (χ0) is 44.4. The quantitative estimate of drug-likeness (QED) is 0.105. The van der Waals surface area contributed by atoms with E-state index in [-0.39, 0.29) is 22.7 Å². The van der Waals surface area contributed by atoms with Crippen molar-refractivity contribution < 1.29 is 19.7 Å². The third-order valence-electron chi connectivity index (χ3n) is 15.4. The molecule has 2 heterocycles. The molecule has 2 aliphatic heterocycles. The van der Waals surface area contributed by atoms with Crippen molar-refractivity contribution >= 4 is 0 Å². The van der Waals surface area contributed by atoms with Crippen LogP contribution in [0.4, 0.5) is 0 Å². The number of phenols is 2. The number of hydrogen-bond donors (Lipinski definition) is 2. The fourth-order valence-corrected chi connectivity index (χ4v) is 10.7. The maximum atomic E-state index is 12.0. The highest BCUT2D eigenvalue weighted by Crippen LogP contribution is 2.55. The molecule has 6 unspecified atom stereocenters. The standard InChI is InChI=1S/C56H94O4/c1-37(2)21-15-23-39(5)25-17-27-41(7)29-19-33-55(13)35-31-47-49(51(57)43(9)45(11)53(47)59-55)50-48-32-36-56(14,60-54(48)46(12)44(10)52(50)58)34-20-30-42(8)28-18-26-40(6)24-16-22-38(3)4/h37-42,57-58H,15-36H2,1-14H3. The van der Waals surface area contributed by atoms with Gasteiger partial charge in [0, 0.05) is 22.3 Å². The maximum absolute atomic E-state index is 12.0. The average molecular weight is 831 g/mol. The summed E-state index contributed by atoms with van der Waals surface area (Å²) < 4.78 is 14.1. The van der Waals surface area contributed by atoms with Gasteiger partial charge in [0.2, 0.25) is 0 Å². The van der Waals surface area contributed by atoms with Crippen molar-refractivity contribution in [2.75, 3.05) is 0 Å². The van der Waals surface area contributed by atoms with Crippen LogP contribution in [0, 0.1) is 63.2 Å². The molecule has 0 amide bonds. The molecule has 0 saturated heterocycles. The lowest BCUT2D eigenvalue weighted by atomic mass is 9.78. The highest BCUT2D eigenvalue weighted by atomic mass is 16.5. The van der Waals surface area contributed by atoms with Gasteiger partial charge >= 0.3 is 0 Å². The van der Waals surface area contributed by atoms with E-state index in [1.165, 1.54) is 103 Å². The van der Waals surface area contributed by atoms with Crippen LogP contribution in [-0.4, -0.2) is 21.4 Å². The number of rotatable bonds is 25. The van der Waals surface area contributed by atoms with Gasteiger partial charge in [-0.25, -0.2) is 0 Å². The van der Waals surface area contributed by atoms with Crippen molar-refractivity contribution in [1.29, 1.82) is 0 Å². The molecule has 0 aromatic heterocycles. The lowest BCUT2D eigenvalue weighted by Crippen LogP contribution is -2.37. The van der Waals surface area contributed by atoms with E-state index in [2.05, 4.69) is 83.1 Å².